The average Bonchev–Trinajstić information content (AvgIpc) is 3.17. The minimum absolute atomic E-state index is 0.0431. The molecule has 2 aromatic rings. The largest absolute Gasteiger partial charge is 0.362 e. The van der Waals surface area contributed by atoms with Crippen LogP contribution in [0.3, 0.4) is 0 Å². The molecule has 1 aliphatic heterocycles. The van der Waals surface area contributed by atoms with Gasteiger partial charge in [0.2, 0.25) is 0 Å². The van der Waals surface area contributed by atoms with Gasteiger partial charge in [0.15, 0.2) is 0 Å². The molecule has 1 aromatic carbocycles. The van der Waals surface area contributed by atoms with Gasteiger partial charge in [-0.1, -0.05) is 12.1 Å². The summed E-state index contributed by atoms with van der Waals surface area (Å²) in [5.74, 6) is 0.251. The Morgan fingerprint density at radius 3 is 2.58 bits per heavy atom. The zero-order valence-electron chi connectivity index (χ0n) is 15.3. The van der Waals surface area contributed by atoms with Gasteiger partial charge in [-0.05, 0) is 55.8 Å². The van der Waals surface area contributed by atoms with Crippen LogP contribution in [0.2, 0.25) is 0 Å². The molecule has 1 atom stereocenters. The van der Waals surface area contributed by atoms with E-state index in [1.165, 1.54) is 12.1 Å². The fourth-order valence-electron chi connectivity index (χ4n) is 3.41. The number of hydrogen-bond donors (Lipinski definition) is 1. The fourth-order valence-corrected chi connectivity index (χ4v) is 3.41. The molecule has 0 spiro atoms. The standard InChI is InChI=1S/C20H25FN4O/c1-24(2)19-17(6-5-11-22-19)20(26)23-14-18(25-12-3-4-13-25)15-7-9-16(21)10-8-15/h5-11,18H,3-4,12-14H2,1-2H3,(H,23,26). The topological polar surface area (TPSA) is 48.5 Å². The van der Waals surface area contributed by atoms with Crippen molar-refractivity contribution in [3.63, 3.8) is 0 Å². The second-order valence-corrected chi connectivity index (χ2v) is 6.79. The van der Waals surface area contributed by atoms with E-state index in [9.17, 15) is 9.18 Å². The molecule has 3 rings (SSSR count). The maximum atomic E-state index is 13.3. The van der Waals surface area contributed by atoms with Crippen LogP contribution >= 0.6 is 0 Å². The summed E-state index contributed by atoms with van der Waals surface area (Å²) in [5, 5.41) is 3.04. The summed E-state index contributed by atoms with van der Waals surface area (Å²) in [6.45, 7) is 2.47. The number of nitrogens with one attached hydrogen (secondary N) is 1. The first-order valence-electron chi connectivity index (χ1n) is 8.96. The maximum Gasteiger partial charge on any atom is 0.255 e. The van der Waals surface area contributed by atoms with Crippen LogP contribution in [-0.4, -0.2) is 49.5 Å². The number of halogens is 1. The molecule has 1 aromatic heterocycles. The van der Waals surface area contributed by atoms with E-state index in [0.29, 0.717) is 17.9 Å². The van der Waals surface area contributed by atoms with Crippen LogP contribution in [0.4, 0.5) is 10.2 Å². The molecule has 1 N–H and O–H groups in total. The van der Waals surface area contributed by atoms with Gasteiger partial charge in [0, 0.05) is 26.8 Å². The molecule has 0 radical (unpaired) electrons. The molecule has 6 heteroatoms. The summed E-state index contributed by atoms with van der Waals surface area (Å²) in [6.07, 6.45) is 3.98. The minimum Gasteiger partial charge on any atom is -0.362 e. The predicted molar refractivity (Wildman–Crippen MR) is 101 cm³/mol. The molecule has 1 fully saturated rings. The Morgan fingerprint density at radius 1 is 1.23 bits per heavy atom. The van der Waals surface area contributed by atoms with Gasteiger partial charge < -0.3 is 10.2 Å². The van der Waals surface area contributed by atoms with Gasteiger partial charge in [-0.25, -0.2) is 9.37 Å². The smallest absolute Gasteiger partial charge is 0.255 e. The SMILES string of the molecule is CN(C)c1ncccc1C(=O)NCC(c1ccc(F)cc1)N1CCCC1. The highest BCUT2D eigenvalue weighted by atomic mass is 19.1. The third-order valence-electron chi connectivity index (χ3n) is 4.75. The Kier molecular flexibility index (Phi) is 5.83. The quantitative estimate of drug-likeness (QED) is 0.865. The highest BCUT2D eigenvalue weighted by Crippen LogP contribution is 2.25. The molecule has 0 bridgehead atoms. The highest BCUT2D eigenvalue weighted by Gasteiger charge is 2.24. The zero-order valence-corrected chi connectivity index (χ0v) is 15.3. The van der Waals surface area contributed by atoms with Crippen LogP contribution in [0.15, 0.2) is 42.6 Å². The molecule has 0 aliphatic carbocycles. The van der Waals surface area contributed by atoms with Crippen LogP contribution < -0.4 is 10.2 Å². The molecule has 0 saturated carbocycles. The number of amides is 1. The second-order valence-electron chi connectivity index (χ2n) is 6.79. The number of pyridine rings is 1. The van der Waals surface area contributed by atoms with Gasteiger partial charge in [-0.2, -0.15) is 0 Å². The predicted octanol–water partition coefficient (Wildman–Crippen LogP) is 2.85. The molecule has 1 amide bonds. The number of nitrogens with zero attached hydrogens (tertiary/aromatic N) is 3. The number of carbonyl (C=O) groups excluding carboxylic acids is 1. The molecular weight excluding hydrogens is 331 g/mol. The highest BCUT2D eigenvalue weighted by molar-refractivity contribution is 5.98. The van der Waals surface area contributed by atoms with Crippen molar-refractivity contribution >= 4 is 11.7 Å². The number of anilines is 1. The molecule has 1 aliphatic rings. The van der Waals surface area contributed by atoms with Gasteiger partial charge in [-0.15, -0.1) is 0 Å². The third kappa shape index (κ3) is 4.19. The van der Waals surface area contributed by atoms with E-state index in [1.54, 1.807) is 30.5 Å². The van der Waals surface area contributed by atoms with Crippen molar-refractivity contribution in [3.8, 4) is 0 Å². The van der Waals surface area contributed by atoms with Crippen molar-refractivity contribution in [2.45, 2.75) is 18.9 Å². The van der Waals surface area contributed by atoms with Crippen LogP contribution in [0.1, 0.15) is 34.8 Å². The van der Waals surface area contributed by atoms with Gasteiger partial charge in [0.05, 0.1) is 11.6 Å². The molecule has 2 heterocycles. The lowest BCUT2D eigenvalue weighted by molar-refractivity contribution is 0.0938. The van der Waals surface area contributed by atoms with Gasteiger partial charge in [0.25, 0.3) is 5.91 Å². The number of benzene rings is 1. The van der Waals surface area contributed by atoms with E-state index in [0.717, 1.165) is 31.5 Å². The number of likely N-dealkylation sites (tertiary alicyclic amines) is 1. The Labute approximate surface area is 153 Å². The Hall–Kier alpha value is -2.47. The van der Waals surface area contributed by atoms with Crippen molar-refractivity contribution in [2.75, 3.05) is 38.6 Å². The first kappa shape index (κ1) is 18.3. The Bertz CT molecular complexity index is 742. The lowest BCUT2D eigenvalue weighted by Crippen LogP contribution is -2.37. The van der Waals surface area contributed by atoms with E-state index in [2.05, 4.69) is 15.2 Å². The van der Waals surface area contributed by atoms with Crippen molar-refractivity contribution < 1.29 is 9.18 Å². The van der Waals surface area contributed by atoms with Crippen molar-refractivity contribution in [3.05, 3.63) is 59.5 Å². The Morgan fingerprint density at radius 2 is 1.92 bits per heavy atom. The molecule has 26 heavy (non-hydrogen) atoms. The summed E-state index contributed by atoms with van der Waals surface area (Å²) in [4.78, 5) is 21.2. The van der Waals surface area contributed by atoms with Crippen molar-refractivity contribution in [1.29, 1.82) is 0 Å². The van der Waals surface area contributed by atoms with E-state index >= 15 is 0 Å². The minimum atomic E-state index is -0.246. The maximum absolute atomic E-state index is 13.3. The van der Waals surface area contributed by atoms with Gasteiger partial charge in [-0.3, -0.25) is 9.69 Å². The summed E-state index contributed by atoms with van der Waals surface area (Å²) in [6, 6.07) is 10.2. The van der Waals surface area contributed by atoms with E-state index < -0.39 is 0 Å². The molecule has 1 saturated heterocycles. The molecule has 138 valence electrons. The normalized spacial score (nSPS) is 15.7. The van der Waals surface area contributed by atoms with E-state index in [-0.39, 0.29) is 17.8 Å². The third-order valence-corrected chi connectivity index (χ3v) is 4.75. The lowest BCUT2D eigenvalue weighted by Gasteiger charge is -2.28. The first-order chi connectivity index (χ1) is 12.6. The van der Waals surface area contributed by atoms with Crippen LogP contribution in [-0.2, 0) is 0 Å². The second kappa shape index (κ2) is 8.27. The van der Waals surface area contributed by atoms with Crippen LogP contribution in [0.5, 0.6) is 0 Å². The zero-order chi connectivity index (χ0) is 18.5. The number of aromatic nitrogens is 1. The summed E-state index contributed by atoms with van der Waals surface area (Å²) >= 11 is 0. The van der Waals surface area contributed by atoms with E-state index in [4.69, 9.17) is 0 Å². The summed E-state index contributed by atoms with van der Waals surface area (Å²) in [7, 11) is 3.73. The van der Waals surface area contributed by atoms with Gasteiger partial charge in [0.1, 0.15) is 11.6 Å². The van der Waals surface area contributed by atoms with E-state index in [1.807, 2.05) is 19.0 Å². The van der Waals surface area contributed by atoms with Crippen LogP contribution in [0.25, 0.3) is 0 Å². The van der Waals surface area contributed by atoms with Crippen molar-refractivity contribution in [2.24, 2.45) is 0 Å². The fraction of sp³-hybridized carbons (Fsp3) is 0.400. The summed E-state index contributed by atoms with van der Waals surface area (Å²) in [5.41, 5.74) is 1.57. The van der Waals surface area contributed by atoms with Crippen molar-refractivity contribution in [1.82, 2.24) is 15.2 Å². The monoisotopic (exact) mass is 356 g/mol. The van der Waals surface area contributed by atoms with Gasteiger partial charge >= 0.3 is 0 Å². The lowest BCUT2D eigenvalue weighted by atomic mass is 10.1. The number of hydrogen-bond acceptors (Lipinski definition) is 4. The average molecular weight is 356 g/mol. The number of carbonyl (C=O) groups is 1. The molecule has 1 unspecified atom stereocenters. The first-order valence-corrected chi connectivity index (χ1v) is 8.96. The number of rotatable bonds is 6. The summed E-state index contributed by atoms with van der Waals surface area (Å²) < 4.78 is 13.3. The van der Waals surface area contributed by atoms with Crippen LogP contribution in [0, 0.1) is 5.82 Å². The molecule has 5 nitrogen and oxygen atoms in total. The molecular formula is C20H25FN4O. The Balaban J connectivity index is 1.75.